The number of nitriles is 1. The van der Waals surface area contributed by atoms with Crippen LogP contribution in [0, 0.1) is 17.2 Å². The number of sulfonamides is 1. The highest BCUT2D eigenvalue weighted by Gasteiger charge is 2.24. The Morgan fingerprint density at radius 1 is 1.14 bits per heavy atom. The third kappa shape index (κ3) is 6.61. The molecule has 1 amide bonds. The van der Waals surface area contributed by atoms with E-state index in [0.29, 0.717) is 29.4 Å². The van der Waals surface area contributed by atoms with Gasteiger partial charge in [-0.25, -0.2) is 13.4 Å². The summed E-state index contributed by atoms with van der Waals surface area (Å²) in [5.74, 6) is 0.267. The van der Waals surface area contributed by atoms with Crippen molar-refractivity contribution in [3.8, 4) is 6.07 Å². The monoisotopic (exact) mass is 513 g/mol. The van der Waals surface area contributed by atoms with Gasteiger partial charge in [-0.05, 0) is 43.4 Å². The number of nitrogens with one attached hydrogen (secondary N) is 3. The number of rotatable bonds is 4. The Hall–Kier alpha value is -3.43. The third-order valence-corrected chi connectivity index (χ3v) is 7.75. The van der Waals surface area contributed by atoms with Crippen molar-refractivity contribution in [1.29, 1.82) is 5.26 Å². The fourth-order valence-electron chi connectivity index (χ4n) is 4.63. The number of fused-ring (bicyclic) bond motifs is 8. The van der Waals surface area contributed by atoms with Crippen LogP contribution in [0.15, 0.2) is 24.3 Å². The van der Waals surface area contributed by atoms with Gasteiger partial charge in [-0.3, -0.25) is 9.52 Å². The van der Waals surface area contributed by atoms with Gasteiger partial charge in [0.2, 0.25) is 16.0 Å². The van der Waals surface area contributed by atoms with E-state index >= 15 is 0 Å². The zero-order chi connectivity index (χ0) is 25.5. The topological polar surface area (TPSA) is 160 Å². The molecule has 0 unspecified atom stereocenters. The SMILES string of the molecule is N#Cc1cc2nc(n1)NCCCCCC1CCN(CC1)c1cc(NS(=O)(=O)CCO)ccc1C(=O)N2. The molecule has 5 rings (SSSR count). The van der Waals surface area contributed by atoms with E-state index in [1.54, 1.807) is 12.1 Å². The van der Waals surface area contributed by atoms with Crippen molar-refractivity contribution in [3.05, 3.63) is 35.5 Å². The van der Waals surface area contributed by atoms with Crippen LogP contribution in [0.25, 0.3) is 0 Å². The number of carbonyl (C=O) groups is 1. The summed E-state index contributed by atoms with van der Waals surface area (Å²) in [4.78, 5) is 24.0. The van der Waals surface area contributed by atoms with E-state index in [0.717, 1.165) is 51.6 Å². The Balaban J connectivity index is 1.69. The molecule has 2 aromatic rings. The molecule has 36 heavy (non-hydrogen) atoms. The van der Waals surface area contributed by atoms with Crippen molar-refractivity contribution >= 4 is 39.1 Å². The van der Waals surface area contributed by atoms with Crippen molar-refractivity contribution < 1.29 is 18.3 Å². The zero-order valence-corrected chi connectivity index (χ0v) is 20.9. The molecule has 1 fully saturated rings. The Bertz CT molecular complexity index is 1240. The molecule has 11 nitrogen and oxygen atoms in total. The molecule has 192 valence electrons. The summed E-state index contributed by atoms with van der Waals surface area (Å²) in [5, 5.41) is 24.3. The van der Waals surface area contributed by atoms with Crippen molar-refractivity contribution in [2.45, 2.75) is 38.5 Å². The molecule has 3 aliphatic rings. The van der Waals surface area contributed by atoms with Crippen LogP contribution < -0.4 is 20.3 Å². The number of hydrogen-bond donors (Lipinski definition) is 4. The minimum absolute atomic E-state index is 0.136. The molecule has 4 heterocycles. The number of aliphatic hydroxyl groups is 1. The second-order valence-corrected chi connectivity index (χ2v) is 11.0. The van der Waals surface area contributed by atoms with Crippen molar-refractivity contribution in [2.75, 3.05) is 52.2 Å². The molecule has 4 bridgehead atoms. The number of piperidine rings is 1. The second kappa shape index (κ2) is 11.5. The molecule has 4 N–H and O–H groups in total. The molecule has 1 aromatic heterocycles. The van der Waals surface area contributed by atoms with Crippen LogP contribution in [0.5, 0.6) is 0 Å². The number of benzene rings is 1. The summed E-state index contributed by atoms with van der Waals surface area (Å²) in [6, 6.07) is 8.17. The molecule has 3 aliphatic heterocycles. The lowest BCUT2D eigenvalue weighted by molar-refractivity contribution is 0.102. The number of amides is 1. The van der Waals surface area contributed by atoms with Crippen LogP contribution in [0.1, 0.15) is 54.6 Å². The molecular formula is C24H31N7O4S. The molecule has 12 heteroatoms. The van der Waals surface area contributed by atoms with Gasteiger partial charge >= 0.3 is 0 Å². The summed E-state index contributed by atoms with van der Waals surface area (Å²) in [7, 11) is -3.72. The highest BCUT2D eigenvalue weighted by atomic mass is 32.2. The first kappa shape index (κ1) is 25.7. The van der Waals surface area contributed by atoms with Gasteiger partial charge in [-0.1, -0.05) is 19.3 Å². The van der Waals surface area contributed by atoms with Crippen LogP contribution in [-0.4, -0.2) is 61.4 Å². The third-order valence-electron chi connectivity index (χ3n) is 6.49. The first-order chi connectivity index (χ1) is 17.4. The Morgan fingerprint density at radius 3 is 2.69 bits per heavy atom. The summed E-state index contributed by atoms with van der Waals surface area (Å²) in [6.45, 7) is 1.71. The van der Waals surface area contributed by atoms with Gasteiger partial charge in [-0.2, -0.15) is 10.2 Å². The molecule has 0 radical (unpaired) electrons. The maximum atomic E-state index is 13.4. The largest absolute Gasteiger partial charge is 0.395 e. The highest BCUT2D eigenvalue weighted by Crippen LogP contribution is 2.32. The predicted octanol–water partition coefficient (Wildman–Crippen LogP) is 2.54. The standard InChI is InChI=1S/C24H31N7O4S/c25-16-19-15-22-28-23(33)20-6-5-18(30-36(34,35)13-12-32)14-21(20)31-10-7-17(8-11-31)4-2-1-3-9-26-24(27-19)29-22/h5-6,14-15,17,30,32H,1-4,7-13H2,(H2,26,27,28,29,33). The molecule has 0 atom stereocenters. The van der Waals surface area contributed by atoms with Crippen LogP contribution in [-0.2, 0) is 10.0 Å². The van der Waals surface area contributed by atoms with Gasteiger partial charge in [0.1, 0.15) is 17.6 Å². The van der Waals surface area contributed by atoms with E-state index in [1.165, 1.54) is 12.1 Å². The lowest BCUT2D eigenvalue weighted by Gasteiger charge is -2.35. The van der Waals surface area contributed by atoms with Crippen LogP contribution in [0.3, 0.4) is 0 Å². The average Bonchev–Trinajstić information content (AvgIpc) is 2.85. The molecule has 0 saturated carbocycles. The maximum Gasteiger partial charge on any atom is 0.258 e. The number of carbonyl (C=O) groups excluding carboxylic acids is 1. The minimum Gasteiger partial charge on any atom is -0.395 e. The van der Waals surface area contributed by atoms with E-state index in [9.17, 15) is 18.5 Å². The fourth-order valence-corrected chi connectivity index (χ4v) is 5.46. The van der Waals surface area contributed by atoms with E-state index in [1.807, 2.05) is 6.07 Å². The van der Waals surface area contributed by atoms with Gasteiger partial charge in [0.25, 0.3) is 5.91 Å². The lowest BCUT2D eigenvalue weighted by Crippen LogP contribution is -2.35. The number of nitrogens with zero attached hydrogens (tertiary/aromatic N) is 4. The van der Waals surface area contributed by atoms with Gasteiger partial charge in [0, 0.05) is 25.7 Å². The van der Waals surface area contributed by atoms with Crippen LogP contribution in [0.4, 0.5) is 23.1 Å². The number of aliphatic hydroxyl groups excluding tert-OH is 1. The summed E-state index contributed by atoms with van der Waals surface area (Å²) in [5.41, 5.74) is 1.45. The molecule has 0 spiro atoms. The molecule has 0 aliphatic carbocycles. The number of aromatic nitrogens is 2. The van der Waals surface area contributed by atoms with E-state index in [2.05, 4.69) is 30.2 Å². The van der Waals surface area contributed by atoms with Gasteiger partial charge in [-0.15, -0.1) is 0 Å². The van der Waals surface area contributed by atoms with Crippen molar-refractivity contribution in [1.82, 2.24) is 9.97 Å². The normalized spacial score (nSPS) is 17.3. The summed E-state index contributed by atoms with van der Waals surface area (Å²) < 4.78 is 26.9. The first-order valence-electron chi connectivity index (χ1n) is 12.2. The number of anilines is 4. The van der Waals surface area contributed by atoms with Crippen LogP contribution in [0.2, 0.25) is 0 Å². The van der Waals surface area contributed by atoms with E-state index in [-0.39, 0.29) is 17.5 Å². The average molecular weight is 514 g/mol. The molecule has 1 aromatic carbocycles. The van der Waals surface area contributed by atoms with Gasteiger partial charge in [0.05, 0.1) is 29.3 Å². The van der Waals surface area contributed by atoms with Crippen molar-refractivity contribution in [2.24, 2.45) is 5.92 Å². The maximum absolute atomic E-state index is 13.4. The molecule has 1 saturated heterocycles. The molecular weight excluding hydrogens is 482 g/mol. The van der Waals surface area contributed by atoms with Gasteiger partial charge < -0.3 is 20.6 Å². The quantitative estimate of drug-likeness (QED) is 0.481. The van der Waals surface area contributed by atoms with Crippen LogP contribution >= 0.6 is 0 Å². The van der Waals surface area contributed by atoms with E-state index in [4.69, 9.17) is 5.11 Å². The highest BCUT2D eigenvalue weighted by molar-refractivity contribution is 7.92. The Kier molecular flexibility index (Phi) is 8.22. The zero-order valence-electron chi connectivity index (χ0n) is 20.0. The Labute approximate surface area is 211 Å². The predicted molar refractivity (Wildman–Crippen MR) is 138 cm³/mol. The van der Waals surface area contributed by atoms with Crippen molar-refractivity contribution in [3.63, 3.8) is 0 Å². The minimum atomic E-state index is -3.72. The Morgan fingerprint density at radius 2 is 1.94 bits per heavy atom. The van der Waals surface area contributed by atoms with E-state index < -0.39 is 28.3 Å². The summed E-state index contributed by atoms with van der Waals surface area (Å²) in [6.07, 6.45) is 6.31. The lowest BCUT2D eigenvalue weighted by atomic mass is 9.90. The fraction of sp³-hybridized carbons (Fsp3) is 0.500. The smallest absolute Gasteiger partial charge is 0.258 e. The first-order valence-corrected chi connectivity index (χ1v) is 13.9. The summed E-state index contributed by atoms with van der Waals surface area (Å²) >= 11 is 0. The second-order valence-electron chi connectivity index (χ2n) is 9.11. The number of hydrogen-bond acceptors (Lipinski definition) is 9. The van der Waals surface area contributed by atoms with Gasteiger partial charge in [0.15, 0.2) is 0 Å².